The Bertz CT molecular complexity index is 1220. The Balaban J connectivity index is 1.65. The highest BCUT2D eigenvalue weighted by Gasteiger charge is 2.42. The van der Waals surface area contributed by atoms with Gasteiger partial charge in [-0.05, 0) is 43.9 Å². The molecule has 0 unspecified atom stereocenters. The van der Waals surface area contributed by atoms with E-state index in [9.17, 15) is 27.6 Å². The van der Waals surface area contributed by atoms with Crippen LogP contribution in [0.4, 0.5) is 13.2 Å². The second-order valence-corrected chi connectivity index (χ2v) is 10.4. The van der Waals surface area contributed by atoms with Gasteiger partial charge in [0, 0.05) is 38.8 Å². The SMILES string of the molecule is CC(=O)N1CCN(C(=O)CC2=CSC3=NC(C)=C(C(=O)OC(C)C)[C@@H](c4ccc(C(F)(F)F)cc4)N23)CC1. The Kier molecular flexibility index (Phi) is 7.91. The fourth-order valence-electron chi connectivity index (χ4n) is 4.62. The van der Waals surface area contributed by atoms with Crippen molar-refractivity contribution in [2.45, 2.75) is 52.4 Å². The van der Waals surface area contributed by atoms with Gasteiger partial charge in [0.2, 0.25) is 11.8 Å². The van der Waals surface area contributed by atoms with E-state index in [4.69, 9.17) is 4.74 Å². The number of esters is 1. The van der Waals surface area contributed by atoms with Crippen LogP contribution in [-0.2, 0) is 25.3 Å². The number of carbonyl (C=O) groups is 3. The lowest BCUT2D eigenvalue weighted by molar-refractivity contribution is -0.143. The summed E-state index contributed by atoms with van der Waals surface area (Å²) in [7, 11) is 0. The van der Waals surface area contributed by atoms with Crippen molar-refractivity contribution >= 4 is 34.7 Å². The predicted molar refractivity (Wildman–Crippen MR) is 137 cm³/mol. The zero-order valence-corrected chi connectivity index (χ0v) is 22.4. The molecule has 1 saturated heterocycles. The van der Waals surface area contributed by atoms with Gasteiger partial charge in [0.05, 0.1) is 35.4 Å². The number of fused-ring (bicyclic) bond motifs is 1. The molecule has 1 atom stereocenters. The van der Waals surface area contributed by atoms with Crippen molar-refractivity contribution in [3.05, 3.63) is 57.8 Å². The minimum absolute atomic E-state index is 0.00871. The molecule has 38 heavy (non-hydrogen) atoms. The van der Waals surface area contributed by atoms with Gasteiger partial charge in [-0.25, -0.2) is 9.79 Å². The van der Waals surface area contributed by atoms with Gasteiger partial charge in [-0.15, -0.1) is 0 Å². The Morgan fingerprint density at radius 2 is 1.68 bits per heavy atom. The highest BCUT2D eigenvalue weighted by Crippen LogP contribution is 2.45. The van der Waals surface area contributed by atoms with Crippen LogP contribution in [0, 0.1) is 0 Å². The molecule has 8 nitrogen and oxygen atoms in total. The van der Waals surface area contributed by atoms with Crippen LogP contribution < -0.4 is 0 Å². The first-order valence-corrected chi connectivity index (χ1v) is 13.1. The molecule has 204 valence electrons. The van der Waals surface area contributed by atoms with Crippen LogP contribution in [0.5, 0.6) is 0 Å². The number of amides is 2. The number of hydrogen-bond acceptors (Lipinski definition) is 7. The van der Waals surface area contributed by atoms with Gasteiger partial charge in [-0.1, -0.05) is 23.9 Å². The molecule has 4 rings (SSSR count). The van der Waals surface area contributed by atoms with Crippen molar-refractivity contribution in [3.8, 4) is 0 Å². The number of alkyl halides is 3. The first kappa shape index (κ1) is 27.7. The average Bonchev–Trinajstić information content (AvgIpc) is 3.24. The van der Waals surface area contributed by atoms with E-state index in [0.29, 0.717) is 48.3 Å². The van der Waals surface area contributed by atoms with Gasteiger partial charge in [0.15, 0.2) is 5.17 Å². The number of piperazine rings is 1. The Labute approximate surface area is 223 Å². The largest absolute Gasteiger partial charge is 0.459 e. The third-order valence-electron chi connectivity index (χ3n) is 6.53. The summed E-state index contributed by atoms with van der Waals surface area (Å²) in [4.78, 5) is 47.7. The monoisotopic (exact) mass is 550 g/mol. The van der Waals surface area contributed by atoms with Gasteiger partial charge in [-0.2, -0.15) is 13.2 Å². The maximum absolute atomic E-state index is 13.2. The van der Waals surface area contributed by atoms with Crippen LogP contribution >= 0.6 is 11.8 Å². The minimum Gasteiger partial charge on any atom is -0.459 e. The molecule has 12 heteroatoms. The van der Waals surface area contributed by atoms with Crippen molar-refractivity contribution < 1.29 is 32.3 Å². The van der Waals surface area contributed by atoms with Crippen LogP contribution in [-0.4, -0.2) is 69.9 Å². The van der Waals surface area contributed by atoms with Crippen LogP contribution in [0.1, 0.15) is 51.3 Å². The van der Waals surface area contributed by atoms with E-state index in [1.807, 2.05) is 0 Å². The van der Waals surface area contributed by atoms with Crippen LogP contribution in [0.3, 0.4) is 0 Å². The molecule has 3 aliphatic rings. The van der Waals surface area contributed by atoms with E-state index in [0.717, 1.165) is 12.1 Å². The zero-order valence-electron chi connectivity index (χ0n) is 21.5. The molecule has 0 aliphatic carbocycles. The summed E-state index contributed by atoms with van der Waals surface area (Å²) < 4.78 is 45.2. The number of carbonyl (C=O) groups excluding carboxylic acids is 3. The van der Waals surface area contributed by atoms with Crippen molar-refractivity contribution in [2.24, 2.45) is 4.99 Å². The summed E-state index contributed by atoms with van der Waals surface area (Å²) in [5.41, 5.74) is 0.833. The molecule has 1 fully saturated rings. The Morgan fingerprint density at radius 3 is 2.24 bits per heavy atom. The quantitative estimate of drug-likeness (QED) is 0.509. The molecule has 0 radical (unpaired) electrons. The summed E-state index contributed by atoms with van der Waals surface area (Å²) in [6, 6.07) is 3.83. The van der Waals surface area contributed by atoms with E-state index in [-0.39, 0.29) is 23.8 Å². The molecule has 3 aliphatic heterocycles. The second-order valence-electron chi connectivity index (χ2n) is 9.53. The lowest BCUT2D eigenvalue weighted by atomic mass is 9.93. The number of benzene rings is 1. The number of halogens is 3. The van der Waals surface area contributed by atoms with Gasteiger partial charge < -0.3 is 19.4 Å². The first-order chi connectivity index (χ1) is 17.9. The molecule has 0 bridgehead atoms. The third kappa shape index (κ3) is 5.74. The number of nitrogens with zero attached hydrogens (tertiary/aromatic N) is 4. The molecule has 2 amide bonds. The summed E-state index contributed by atoms with van der Waals surface area (Å²) >= 11 is 1.29. The van der Waals surface area contributed by atoms with Crippen molar-refractivity contribution in [2.75, 3.05) is 26.2 Å². The summed E-state index contributed by atoms with van der Waals surface area (Å²) in [6.45, 7) is 8.30. The van der Waals surface area contributed by atoms with E-state index < -0.39 is 29.9 Å². The molecule has 0 N–H and O–H groups in total. The number of hydrogen-bond donors (Lipinski definition) is 0. The van der Waals surface area contributed by atoms with Crippen molar-refractivity contribution in [1.82, 2.24) is 14.7 Å². The Hall–Kier alpha value is -3.28. The van der Waals surface area contributed by atoms with Gasteiger partial charge in [0.25, 0.3) is 0 Å². The normalized spacial score (nSPS) is 19.9. The van der Waals surface area contributed by atoms with E-state index in [2.05, 4.69) is 4.99 Å². The van der Waals surface area contributed by atoms with Crippen LogP contribution in [0.2, 0.25) is 0 Å². The molecule has 3 heterocycles. The summed E-state index contributed by atoms with van der Waals surface area (Å²) in [5.74, 6) is -0.804. The number of allylic oxidation sites excluding steroid dienone is 1. The van der Waals surface area contributed by atoms with Gasteiger partial charge in [-0.3, -0.25) is 9.59 Å². The van der Waals surface area contributed by atoms with Crippen molar-refractivity contribution in [3.63, 3.8) is 0 Å². The zero-order chi connectivity index (χ0) is 27.8. The van der Waals surface area contributed by atoms with Crippen molar-refractivity contribution in [1.29, 1.82) is 0 Å². The molecular formula is C26H29F3N4O4S. The minimum atomic E-state index is -4.50. The smallest absolute Gasteiger partial charge is 0.416 e. The first-order valence-electron chi connectivity index (χ1n) is 12.2. The predicted octanol–water partition coefficient (Wildman–Crippen LogP) is 4.31. The topological polar surface area (TPSA) is 82.5 Å². The third-order valence-corrected chi connectivity index (χ3v) is 7.42. The number of rotatable bonds is 5. The van der Waals surface area contributed by atoms with Crippen LogP contribution in [0.25, 0.3) is 0 Å². The van der Waals surface area contributed by atoms with Crippen LogP contribution in [0.15, 0.2) is 51.6 Å². The maximum Gasteiger partial charge on any atom is 0.416 e. The molecule has 0 saturated carbocycles. The lowest BCUT2D eigenvalue weighted by Gasteiger charge is -2.38. The van der Waals surface area contributed by atoms with E-state index in [1.54, 1.807) is 40.9 Å². The Morgan fingerprint density at radius 1 is 1.08 bits per heavy atom. The number of ether oxygens (including phenoxy) is 1. The fraction of sp³-hybridized carbons (Fsp3) is 0.462. The maximum atomic E-state index is 13.2. The standard InChI is InChI=1S/C26H29F3N4O4S/c1-15(2)37-24(36)22-16(3)30-25-33(23(22)18-5-7-19(8-6-18)26(27,28)29)20(14-38-25)13-21(35)32-11-9-31(10-12-32)17(4)34/h5-8,14-15,23H,9-13H2,1-4H3/t23-/m1/s1. The molecule has 1 aromatic rings. The molecule has 0 spiro atoms. The second kappa shape index (κ2) is 10.8. The average molecular weight is 551 g/mol. The highest BCUT2D eigenvalue weighted by molar-refractivity contribution is 8.16. The number of amidine groups is 1. The van der Waals surface area contributed by atoms with Gasteiger partial charge >= 0.3 is 12.1 Å². The molecular weight excluding hydrogens is 521 g/mol. The lowest BCUT2D eigenvalue weighted by Crippen LogP contribution is -2.50. The summed E-state index contributed by atoms with van der Waals surface area (Å²) in [5, 5.41) is 2.31. The van der Waals surface area contributed by atoms with Gasteiger partial charge in [0.1, 0.15) is 0 Å². The number of aliphatic imine (C=N–C) groups is 1. The molecule has 0 aromatic heterocycles. The molecule has 1 aromatic carbocycles. The van der Waals surface area contributed by atoms with E-state index in [1.165, 1.54) is 30.8 Å². The summed E-state index contributed by atoms with van der Waals surface area (Å²) in [6.07, 6.45) is -4.91. The fourth-order valence-corrected chi connectivity index (χ4v) is 5.58. The highest BCUT2D eigenvalue weighted by atomic mass is 32.2. The number of thioether (sulfide) groups is 1. The van der Waals surface area contributed by atoms with E-state index >= 15 is 0 Å².